The van der Waals surface area contributed by atoms with Crippen molar-refractivity contribution in [2.75, 3.05) is 39.8 Å². The Morgan fingerprint density at radius 3 is 1.47 bits per heavy atom. The number of aliphatic hydroxyl groups excluding tert-OH is 1. The van der Waals surface area contributed by atoms with E-state index in [2.05, 4.69) is 30.6 Å². The number of aromatic hydroxyl groups is 1. The number of hydrogen-bond donors (Lipinski definition) is 6. The third-order valence-electron chi connectivity index (χ3n) is 10.2. The second-order valence-electron chi connectivity index (χ2n) is 19.1. The molecule has 28 heteroatoms. The predicted molar refractivity (Wildman–Crippen MR) is 271 cm³/mol. The molecule has 0 aliphatic heterocycles. The molecule has 0 spiro atoms. The summed E-state index contributed by atoms with van der Waals surface area (Å²) in [5.41, 5.74) is -3.78. The maximum atomic E-state index is 13.2. The predicted octanol–water partition coefficient (Wildman–Crippen LogP) is 4.85. The molecule has 2 aromatic heterocycles. The highest BCUT2D eigenvalue weighted by Gasteiger charge is 2.33. The molecule has 0 fully saturated rings. The van der Waals surface area contributed by atoms with Crippen LogP contribution in [0.15, 0.2) is 58.1 Å². The number of unbranched alkanes of at least 4 members (excludes halogenated alkanes) is 2. The number of carbonyl (C=O) groups excluding carboxylic acids is 4. The molecule has 420 valence electrons. The fourth-order valence-electron chi connectivity index (χ4n) is 6.61. The van der Waals surface area contributed by atoms with E-state index in [4.69, 9.17) is 22.9 Å². The van der Waals surface area contributed by atoms with E-state index in [0.717, 1.165) is 11.2 Å². The molecule has 2 aromatic carbocycles. The first-order chi connectivity index (χ1) is 35.2. The topological polar surface area (TPSA) is 336 Å². The van der Waals surface area contributed by atoms with Crippen LogP contribution in [0.5, 0.6) is 11.5 Å². The van der Waals surface area contributed by atoms with Crippen LogP contribution in [0.1, 0.15) is 136 Å². The zero-order valence-corrected chi connectivity index (χ0v) is 45.4. The van der Waals surface area contributed by atoms with E-state index in [-0.39, 0.29) is 57.2 Å². The van der Waals surface area contributed by atoms with Gasteiger partial charge in [0.15, 0.2) is 11.4 Å². The van der Waals surface area contributed by atoms with Crippen LogP contribution in [0.25, 0.3) is 0 Å². The lowest BCUT2D eigenvalue weighted by molar-refractivity contribution is 0.0190. The summed E-state index contributed by atoms with van der Waals surface area (Å²) in [6, 6.07) is 8.85. The van der Waals surface area contributed by atoms with Crippen molar-refractivity contribution >= 4 is 44.2 Å². The molecule has 4 amide bonds. The van der Waals surface area contributed by atoms with Crippen molar-refractivity contribution in [3.63, 3.8) is 0 Å². The van der Waals surface area contributed by atoms with Gasteiger partial charge in [0.2, 0.25) is 11.5 Å². The summed E-state index contributed by atoms with van der Waals surface area (Å²) in [5, 5.41) is 24.3. The van der Waals surface area contributed by atoms with Gasteiger partial charge in [0.1, 0.15) is 34.5 Å². The van der Waals surface area contributed by atoms with Crippen LogP contribution in [-0.2, 0) is 47.0 Å². The van der Waals surface area contributed by atoms with Gasteiger partial charge in [-0.25, -0.2) is 28.3 Å². The van der Waals surface area contributed by atoms with E-state index in [9.17, 15) is 59.5 Å². The van der Waals surface area contributed by atoms with Crippen LogP contribution in [-0.4, -0.2) is 132 Å². The van der Waals surface area contributed by atoms with E-state index in [1.807, 2.05) is 0 Å². The number of aromatic amines is 2. The second kappa shape index (κ2) is 27.7. The maximum absolute atomic E-state index is 13.2. The lowest BCUT2D eigenvalue weighted by Crippen LogP contribution is -2.38. The molecule has 0 bridgehead atoms. The highest BCUT2D eigenvalue weighted by Crippen LogP contribution is 2.28. The highest BCUT2D eigenvalue weighted by molar-refractivity contribution is 7.86. The number of carbonyl (C=O) groups is 4. The summed E-state index contributed by atoms with van der Waals surface area (Å²) < 4.78 is 92.9. The van der Waals surface area contributed by atoms with Crippen LogP contribution in [0, 0.1) is 11.6 Å². The number of hydrogen-bond acceptors (Lipinski definition) is 18. The summed E-state index contributed by atoms with van der Waals surface area (Å²) in [5.74, 6) is -4.67. The molecule has 0 saturated carbocycles. The molecule has 2 heterocycles. The Hall–Kier alpha value is -7.04. The Bertz CT molecular complexity index is 2980. The number of nitrogens with zero attached hydrogens (tertiary/aromatic N) is 4. The van der Waals surface area contributed by atoms with Gasteiger partial charge in [-0.3, -0.25) is 23.4 Å². The number of aliphatic hydroxyl groups is 1. The Morgan fingerprint density at radius 2 is 1.07 bits per heavy atom. The molecule has 2 unspecified atom stereocenters. The first-order valence-electron chi connectivity index (χ1n) is 23.5. The van der Waals surface area contributed by atoms with Crippen molar-refractivity contribution in [2.24, 2.45) is 0 Å². The van der Waals surface area contributed by atoms with Gasteiger partial charge in [0.25, 0.3) is 33.1 Å². The fourth-order valence-corrected chi connectivity index (χ4v) is 7.48. The summed E-state index contributed by atoms with van der Waals surface area (Å²) in [6.07, 6.45) is 2.01. The molecule has 0 radical (unpaired) electrons. The summed E-state index contributed by atoms with van der Waals surface area (Å²) in [4.78, 5) is 92.3. The average molecular weight is 1110 g/mol. The number of ether oxygens (including phenoxy) is 2. The number of H-pyrrole nitrogens is 2. The van der Waals surface area contributed by atoms with Gasteiger partial charge in [-0.15, -0.1) is 0 Å². The summed E-state index contributed by atoms with van der Waals surface area (Å²) >= 11 is 0. The Balaban J connectivity index is 0.000000409. The lowest BCUT2D eigenvalue weighted by Gasteiger charge is -2.30. The normalized spacial score (nSPS) is 12.5. The van der Waals surface area contributed by atoms with E-state index in [1.165, 1.54) is 67.5 Å². The van der Waals surface area contributed by atoms with Gasteiger partial charge < -0.3 is 54.3 Å². The van der Waals surface area contributed by atoms with Crippen molar-refractivity contribution in [2.45, 2.75) is 116 Å². The number of halogens is 2. The standard InChI is InChI=1S/C25H35FN4O10S2.C23H31FN4O6/c1-25(2,3)39-24(33)30(4)18(9-7-8-14-38-41(5,34)35)21-28-19(20(23(32)29-21)40-42(6,36)37)22(31)27-15-16-10-12-17(26)13-11-16;1-23(2,3)34-22(33)28(4)16(7-5-6-12-29)19-26-17(18(30)21(32)27-19)20(31)25-13-14-8-10-15(24)11-9-14/h10-13,18H,7-9,14-15H2,1-6H3,(H,27,31)(H,28,29,32);8-11,16,29-30H,5-7,12-13H2,1-4H3,(H,25,31)(H,26,27,32). The van der Waals surface area contributed by atoms with E-state index in [1.54, 1.807) is 41.5 Å². The Labute approximate surface area is 438 Å². The zero-order valence-electron chi connectivity index (χ0n) is 43.8. The number of aromatic nitrogens is 4. The van der Waals surface area contributed by atoms with Crippen LogP contribution >= 0.6 is 0 Å². The van der Waals surface area contributed by atoms with Gasteiger partial charge >= 0.3 is 22.3 Å². The SMILES string of the molecule is CN(C(=O)OC(C)(C)C)C(CCCCO)c1nc(C(=O)NCc2ccc(F)cc2)c(O)c(=O)[nH]1.CN(C(=O)OC(C)(C)C)C(CCCCOS(C)(=O)=O)c1nc(C(=O)NCc2ccc(F)cc2)c(OS(C)(=O)=O)c(=O)[nH]1. The smallest absolute Gasteiger partial charge is 0.410 e. The Morgan fingerprint density at radius 1 is 0.658 bits per heavy atom. The minimum atomic E-state index is -4.27. The minimum absolute atomic E-state index is 0.0129. The van der Waals surface area contributed by atoms with Crippen LogP contribution < -0.4 is 25.9 Å². The van der Waals surface area contributed by atoms with Gasteiger partial charge in [-0.2, -0.15) is 16.8 Å². The molecule has 76 heavy (non-hydrogen) atoms. The highest BCUT2D eigenvalue weighted by atomic mass is 32.2. The first kappa shape index (κ1) is 63.3. The molecule has 24 nitrogen and oxygen atoms in total. The van der Waals surface area contributed by atoms with Crippen molar-refractivity contribution in [1.82, 2.24) is 40.4 Å². The molecule has 0 saturated heterocycles. The van der Waals surface area contributed by atoms with E-state index < -0.39 is 113 Å². The zero-order chi connectivity index (χ0) is 57.3. The van der Waals surface area contributed by atoms with Crippen LogP contribution in [0.3, 0.4) is 0 Å². The quantitative estimate of drug-likeness (QED) is 0.0452. The first-order valence-corrected chi connectivity index (χ1v) is 27.1. The molecule has 2 atom stereocenters. The molecule has 0 aliphatic carbocycles. The number of nitrogens with one attached hydrogen (secondary N) is 4. The van der Waals surface area contributed by atoms with Gasteiger partial charge in [-0.1, -0.05) is 24.3 Å². The average Bonchev–Trinajstić information content (AvgIpc) is 3.30. The molecular weight excluding hydrogens is 1050 g/mol. The van der Waals surface area contributed by atoms with Crippen molar-refractivity contribution < 1.29 is 72.8 Å². The number of amides is 4. The van der Waals surface area contributed by atoms with Crippen molar-refractivity contribution in [3.05, 3.63) is 115 Å². The number of rotatable bonds is 22. The molecule has 0 aliphatic rings. The van der Waals surface area contributed by atoms with Gasteiger partial charge in [0, 0.05) is 33.8 Å². The fraction of sp³-hybridized carbons (Fsp3) is 0.500. The maximum Gasteiger partial charge on any atom is 0.410 e. The molecular formula is C48H66F2N8O16S2. The minimum Gasteiger partial charge on any atom is -0.501 e. The number of benzene rings is 2. The third-order valence-corrected chi connectivity index (χ3v) is 11.3. The molecule has 4 rings (SSSR count). The Kier molecular flexibility index (Phi) is 23.0. The molecule has 4 aromatic rings. The van der Waals surface area contributed by atoms with Crippen LogP contribution in [0.4, 0.5) is 18.4 Å². The molecule has 6 N–H and O–H groups in total. The van der Waals surface area contributed by atoms with Gasteiger partial charge in [0.05, 0.1) is 31.2 Å². The lowest BCUT2D eigenvalue weighted by atomic mass is 10.1. The van der Waals surface area contributed by atoms with Gasteiger partial charge in [-0.05, 0) is 115 Å². The largest absolute Gasteiger partial charge is 0.501 e. The van der Waals surface area contributed by atoms with Crippen molar-refractivity contribution in [3.8, 4) is 11.5 Å². The van der Waals surface area contributed by atoms with Crippen molar-refractivity contribution in [1.29, 1.82) is 0 Å². The summed E-state index contributed by atoms with van der Waals surface area (Å²) in [6.45, 7) is 9.79. The van der Waals surface area contributed by atoms with E-state index >= 15 is 0 Å². The van der Waals surface area contributed by atoms with E-state index in [0.29, 0.717) is 36.6 Å². The summed E-state index contributed by atoms with van der Waals surface area (Å²) in [7, 11) is -5.09. The second-order valence-corrected chi connectivity index (χ2v) is 22.4. The monoisotopic (exact) mass is 1110 g/mol. The van der Waals surface area contributed by atoms with Crippen LogP contribution in [0.2, 0.25) is 0 Å². The third kappa shape index (κ3) is 21.7.